The number of hydrogen-bond acceptors (Lipinski definition) is 4. The van der Waals surface area contributed by atoms with Gasteiger partial charge in [0, 0.05) is 31.4 Å². The molecule has 2 amide bonds. The van der Waals surface area contributed by atoms with Crippen molar-refractivity contribution in [1.82, 2.24) is 10.2 Å². The van der Waals surface area contributed by atoms with Crippen LogP contribution in [0.3, 0.4) is 0 Å². The van der Waals surface area contributed by atoms with E-state index in [0.717, 1.165) is 36.5 Å². The van der Waals surface area contributed by atoms with Gasteiger partial charge in [0.05, 0.1) is 12.2 Å². The van der Waals surface area contributed by atoms with E-state index in [1.54, 1.807) is 11.3 Å². The molecule has 1 fully saturated rings. The largest absolute Gasteiger partial charge is 0.342 e. The van der Waals surface area contributed by atoms with Crippen LogP contribution in [0.25, 0.3) is 0 Å². The highest BCUT2D eigenvalue weighted by molar-refractivity contribution is 7.10. The van der Waals surface area contributed by atoms with Crippen molar-refractivity contribution in [3.05, 3.63) is 16.3 Å². The van der Waals surface area contributed by atoms with Crippen molar-refractivity contribution in [1.29, 1.82) is 0 Å². The van der Waals surface area contributed by atoms with Crippen molar-refractivity contribution < 1.29 is 9.59 Å². The molecular formula is C14H21N3O2S. The predicted molar refractivity (Wildman–Crippen MR) is 80.8 cm³/mol. The molecule has 1 aliphatic rings. The number of carbonyl (C=O) groups is 2. The first kappa shape index (κ1) is 15.0. The molecule has 2 rings (SSSR count). The number of thiophene rings is 1. The normalized spacial score (nSPS) is 15.2. The van der Waals surface area contributed by atoms with Gasteiger partial charge >= 0.3 is 0 Å². The smallest absolute Gasteiger partial charge is 0.236 e. The molecule has 0 atom stereocenters. The van der Waals surface area contributed by atoms with Gasteiger partial charge in [-0.2, -0.15) is 0 Å². The molecule has 0 saturated carbocycles. The van der Waals surface area contributed by atoms with E-state index in [1.165, 1.54) is 13.3 Å². The molecule has 0 aromatic carbocycles. The summed E-state index contributed by atoms with van der Waals surface area (Å²) in [4.78, 5) is 26.0. The van der Waals surface area contributed by atoms with E-state index in [4.69, 9.17) is 0 Å². The first-order valence-electron chi connectivity index (χ1n) is 6.99. The molecule has 0 spiro atoms. The Morgan fingerprint density at radius 3 is 2.75 bits per heavy atom. The average molecular weight is 295 g/mol. The highest BCUT2D eigenvalue weighted by atomic mass is 32.1. The molecule has 0 radical (unpaired) electrons. The van der Waals surface area contributed by atoms with E-state index in [9.17, 15) is 9.59 Å². The minimum absolute atomic E-state index is 0.0750. The van der Waals surface area contributed by atoms with Gasteiger partial charge in [0.25, 0.3) is 0 Å². The SMILES string of the molecule is CC(=O)Nc1ccsc1CNCC(=O)N1CCCCC1. The number of rotatable bonds is 5. The zero-order valence-corrected chi connectivity index (χ0v) is 12.6. The highest BCUT2D eigenvalue weighted by Crippen LogP contribution is 2.21. The van der Waals surface area contributed by atoms with Crippen LogP contribution in [0.5, 0.6) is 0 Å². The Bertz CT molecular complexity index is 467. The molecule has 0 unspecified atom stereocenters. The number of nitrogens with one attached hydrogen (secondary N) is 2. The molecular weight excluding hydrogens is 274 g/mol. The molecule has 2 heterocycles. The Morgan fingerprint density at radius 2 is 2.05 bits per heavy atom. The van der Waals surface area contributed by atoms with Gasteiger partial charge in [-0.05, 0) is 30.7 Å². The first-order valence-corrected chi connectivity index (χ1v) is 7.87. The Hall–Kier alpha value is -1.40. The van der Waals surface area contributed by atoms with E-state index in [2.05, 4.69) is 10.6 Å². The van der Waals surface area contributed by atoms with Crippen LogP contribution in [-0.2, 0) is 16.1 Å². The zero-order chi connectivity index (χ0) is 14.4. The third-order valence-corrected chi connectivity index (χ3v) is 4.25. The van der Waals surface area contributed by atoms with Crippen molar-refractivity contribution in [2.75, 3.05) is 25.0 Å². The standard InChI is InChI=1S/C14H21N3O2S/c1-11(18)16-12-5-8-20-13(12)9-15-10-14(19)17-6-3-2-4-7-17/h5,8,15H,2-4,6-7,9-10H2,1H3,(H,16,18). The van der Waals surface area contributed by atoms with E-state index < -0.39 is 0 Å². The van der Waals surface area contributed by atoms with Crippen LogP contribution >= 0.6 is 11.3 Å². The lowest BCUT2D eigenvalue weighted by Gasteiger charge is -2.26. The van der Waals surface area contributed by atoms with Crippen LogP contribution in [0.2, 0.25) is 0 Å². The molecule has 110 valence electrons. The minimum atomic E-state index is -0.0750. The van der Waals surface area contributed by atoms with Gasteiger partial charge in [0.15, 0.2) is 0 Å². The molecule has 1 aliphatic heterocycles. The van der Waals surface area contributed by atoms with Crippen molar-refractivity contribution in [2.45, 2.75) is 32.7 Å². The van der Waals surface area contributed by atoms with Crippen molar-refractivity contribution >= 4 is 28.8 Å². The number of nitrogens with zero attached hydrogens (tertiary/aromatic N) is 1. The first-order chi connectivity index (χ1) is 9.66. The second-order valence-electron chi connectivity index (χ2n) is 4.98. The van der Waals surface area contributed by atoms with Crippen LogP contribution in [0.4, 0.5) is 5.69 Å². The molecule has 2 N–H and O–H groups in total. The van der Waals surface area contributed by atoms with Gasteiger partial charge in [-0.25, -0.2) is 0 Å². The fourth-order valence-electron chi connectivity index (χ4n) is 2.32. The van der Waals surface area contributed by atoms with Crippen LogP contribution in [0.1, 0.15) is 31.1 Å². The van der Waals surface area contributed by atoms with Crippen LogP contribution in [0, 0.1) is 0 Å². The van der Waals surface area contributed by atoms with Gasteiger partial charge in [0.2, 0.25) is 11.8 Å². The Morgan fingerprint density at radius 1 is 1.30 bits per heavy atom. The van der Waals surface area contributed by atoms with E-state index in [0.29, 0.717) is 13.1 Å². The fourth-order valence-corrected chi connectivity index (χ4v) is 3.12. The van der Waals surface area contributed by atoms with Crippen molar-refractivity contribution in [3.8, 4) is 0 Å². The maximum Gasteiger partial charge on any atom is 0.236 e. The quantitative estimate of drug-likeness (QED) is 0.871. The van der Waals surface area contributed by atoms with Crippen molar-refractivity contribution in [2.24, 2.45) is 0 Å². The summed E-state index contributed by atoms with van der Waals surface area (Å²) in [5.74, 6) is 0.0939. The average Bonchev–Trinajstić information content (AvgIpc) is 2.86. The Kier molecular flexibility index (Phi) is 5.55. The maximum absolute atomic E-state index is 12.0. The minimum Gasteiger partial charge on any atom is -0.342 e. The van der Waals surface area contributed by atoms with Gasteiger partial charge < -0.3 is 15.5 Å². The number of anilines is 1. The lowest BCUT2D eigenvalue weighted by atomic mass is 10.1. The lowest BCUT2D eigenvalue weighted by Crippen LogP contribution is -2.40. The van der Waals surface area contributed by atoms with E-state index in [1.807, 2.05) is 16.3 Å². The topological polar surface area (TPSA) is 61.4 Å². The molecule has 20 heavy (non-hydrogen) atoms. The second kappa shape index (κ2) is 7.40. The van der Waals surface area contributed by atoms with Gasteiger partial charge in [-0.1, -0.05) is 0 Å². The number of piperidine rings is 1. The fraction of sp³-hybridized carbons (Fsp3) is 0.571. The van der Waals surface area contributed by atoms with Crippen molar-refractivity contribution in [3.63, 3.8) is 0 Å². The second-order valence-corrected chi connectivity index (χ2v) is 5.98. The molecule has 6 heteroatoms. The molecule has 0 aliphatic carbocycles. The molecule has 1 aromatic heterocycles. The number of amides is 2. The number of carbonyl (C=O) groups excluding carboxylic acids is 2. The summed E-state index contributed by atoms with van der Waals surface area (Å²) < 4.78 is 0. The molecule has 0 bridgehead atoms. The molecule has 1 saturated heterocycles. The molecule has 5 nitrogen and oxygen atoms in total. The number of hydrogen-bond donors (Lipinski definition) is 2. The monoisotopic (exact) mass is 295 g/mol. The summed E-state index contributed by atoms with van der Waals surface area (Å²) in [5.41, 5.74) is 0.834. The predicted octanol–water partition coefficient (Wildman–Crippen LogP) is 1.81. The third kappa shape index (κ3) is 4.31. The zero-order valence-electron chi connectivity index (χ0n) is 11.8. The van der Waals surface area contributed by atoms with Gasteiger partial charge in [-0.15, -0.1) is 11.3 Å². The summed E-state index contributed by atoms with van der Waals surface area (Å²) in [6.07, 6.45) is 3.46. The Balaban J connectivity index is 1.76. The number of likely N-dealkylation sites (tertiary alicyclic amines) is 1. The summed E-state index contributed by atoms with van der Waals surface area (Å²) >= 11 is 1.58. The van der Waals surface area contributed by atoms with Crippen LogP contribution in [0.15, 0.2) is 11.4 Å². The summed E-state index contributed by atoms with van der Waals surface area (Å²) in [6, 6.07) is 1.88. The van der Waals surface area contributed by atoms with Crippen LogP contribution in [-0.4, -0.2) is 36.3 Å². The Labute approximate surface area is 123 Å². The highest BCUT2D eigenvalue weighted by Gasteiger charge is 2.16. The summed E-state index contributed by atoms with van der Waals surface area (Å²) in [5, 5.41) is 7.90. The maximum atomic E-state index is 12.0. The van der Waals surface area contributed by atoms with Gasteiger partial charge in [0.1, 0.15) is 0 Å². The van der Waals surface area contributed by atoms with Gasteiger partial charge in [-0.3, -0.25) is 9.59 Å². The lowest BCUT2D eigenvalue weighted by molar-refractivity contribution is -0.131. The summed E-state index contributed by atoms with van der Waals surface area (Å²) in [6.45, 7) is 4.23. The third-order valence-electron chi connectivity index (χ3n) is 3.33. The van der Waals surface area contributed by atoms with Crippen LogP contribution < -0.4 is 10.6 Å². The van der Waals surface area contributed by atoms with E-state index in [-0.39, 0.29) is 11.8 Å². The molecule has 1 aromatic rings. The summed E-state index contributed by atoms with van der Waals surface area (Å²) in [7, 11) is 0. The van der Waals surface area contributed by atoms with E-state index >= 15 is 0 Å².